The van der Waals surface area contributed by atoms with E-state index in [1.807, 2.05) is 5.38 Å². The zero-order valence-electron chi connectivity index (χ0n) is 11.3. The second-order valence-electron chi connectivity index (χ2n) is 4.97. The summed E-state index contributed by atoms with van der Waals surface area (Å²) in [5.41, 5.74) is 1.11. The van der Waals surface area contributed by atoms with Crippen LogP contribution in [0, 0.1) is 13.8 Å². The Morgan fingerprint density at radius 3 is 2.70 bits per heavy atom. The van der Waals surface area contributed by atoms with Crippen LogP contribution in [-0.2, 0) is 16.6 Å². The fourth-order valence-corrected chi connectivity index (χ4v) is 4.95. The molecule has 108 valence electrons. The van der Waals surface area contributed by atoms with E-state index in [1.165, 1.54) is 11.3 Å². The largest absolute Gasteiger partial charge is 0.281 e. The van der Waals surface area contributed by atoms with Crippen molar-refractivity contribution in [3.05, 3.63) is 28.0 Å². The van der Waals surface area contributed by atoms with Crippen molar-refractivity contribution in [3.63, 3.8) is 0 Å². The highest BCUT2D eigenvalue weighted by molar-refractivity contribution is 7.89. The summed E-state index contributed by atoms with van der Waals surface area (Å²) < 4.78 is 27.3. The summed E-state index contributed by atoms with van der Waals surface area (Å²) in [6.07, 6.45) is 3.53. The van der Waals surface area contributed by atoms with Gasteiger partial charge in [0.05, 0.1) is 17.9 Å². The van der Waals surface area contributed by atoms with E-state index in [-0.39, 0.29) is 6.04 Å². The average molecular weight is 312 g/mol. The summed E-state index contributed by atoms with van der Waals surface area (Å²) in [6, 6.07) is 0.0950. The maximum absolute atomic E-state index is 12.9. The van der Waals surface area contributed by atoms with Crippen molar-refractivity contribution in [1.29, 1.82) is 0 Å². The smallest absolute Gasteiger partial charge is 0.247 e. The first-order chi connectivity index (χ1) is 9.50. The van der Waals surface area contributed by atoms with Crippen molar-refractivity contribution >= 4 is 21.4 Å². The Morgan fingerprint density at radius 2 is 2.20 bits per heavy atom. The number of hydrogen-bond acceptors (Lipinski definition) is 5. The molecule has 1 saturated carbocycles. The molecule has 1 fully saturated rings. The normalized spacial score (nSPS) is 15.9. The van der Waals surface area contributed by atoms with Gasteiger partial charge in [-0.1, -0.05) is 0 Å². The lowest BCUT2D eigenvalue weighted by atomic mass is 10.4. The summed E-state index contributed by atoms with van der Waals surface area (Å²) >= 11 is 1.48. The number of thiazole rings is 1. The number of sulfonamides is 1. The second-order valence-corrected chi connectivity index (χ2v) is 7.78. The number of nitrogens with one attached hydrogen (secondary N) is 1. The molecule has 0 saturated heterocycles. The van der Waals surface area contributed by atoms with Crippen molar-refractivity contribution in [3.8, 4) is 0 Å². The van der Waals surface area contributed by atoms with Gasteiger partial charge in [0, 0.05) is 17.6 Å². The first-order valence-electron chi connectivity index (χ1n) is 6.42. The maximum Gasteiger partial charge on any atom is 0.247 e. The minimum atomic E-state index is -3.53. The lowest BCUT2D eigenvalue weighted by molar-refractivity contribution is 0.397. The Balaban J connectivity index is 1.98. The number of aromatic amines is 1. The van der Waals surface area contributed by atoms with Crippen LogP contribution in [0.25, 0.3) is 0 Å². The van der Waals surface area contributed by atoms with E-state index < -0.39 is 10.0 Å². The molecule has 1 aliphatic carbocycles. The van der Waals surface area contributed by atoms with Crippen LogP contribution in [0.1, 0.15) is 29.2 Å². The van der Waals surface area contributed by atoms with E-state index in [1.54, 1.807) is 24.3 Å². The Morgan fingerprint density at radius 1 is 1.45 bits per heavy atom. The molecular formula is C12H16N4O2S2. The third kappa shape index (κ3) is 2.38. The van der Waals surface area contributed by atoms with Gasteiger partial charge in [0.15, 0.2) is 0 Å². The van der Waals surface area contributed by atoms with Crippen LogP contribution in [0.3, 0.4) is 0 Å². The Kier molecular flexibility index (Phi) is 3.39. The van der Waals surface area contributed by atoms with Crippen molar-refractivity contribution in [2.24, 2.45) is 0 Å². The lowest BCUT2D eigenvalue weighted by Crippen LogP contribution is -2.33. The molecule has 0 atom stereocenters. The molecule has 2 aromatic rings. The molecule has 8 heteroatoms. The summed E-state index contributed by atoms with van der Waals surface area (Å²) in [5.74, 6) is 0. The molecule has 0 unspecified atom stereocenters. The minimum Gasteiger partial charge on any atom is -0.281 e. The highest BCUT2D eigenvalue weighted by Crippen LogP contribution is 2.35. The second kappa shape index (κ2) is 4.94. The molecule has 2 heterocycles. The van der Waals surface area contributed by atoms with Gasteiger partial charge in [0.1, 0.15) is 9.90 Å². The maximum atomic E-state index is 12.9. The van der Waals surface area contributed by atoms with Crippen molar-refractivity contribution in [2.75, 3.05) is 0 Å². The highest BCUT2D eigenvalue weighted by atomic mass is 32.2. The topological polar surface area (TPSA) is 79.0 Å². The number of aryl methyl sites for hydroxylation is 2. The highest BCUT2D eigenvalue weighted by Gasteiger charge is 2.40. The van der Waals surface area contributed by atoms with Gasteiger partial charge in [-0.25, -0.2) is 13.4 Å². The fraction of sp³-hybridized carbons (Fsp3) is 0.500. The van der Waals surface area contributed by atoms with Gasteiger partial charge in [0.25, 0.3) is 0 Å². The predicted molar refractivity (Wildman–Crippen MR) is 75.9 cm³/mol. The third-order valence-corrected chi connectivity index (χ3v) is 6.28. The molecule has 0 bridgehead atoms. The van der Waals surface area contributed by atoms with E-state index in [0.29, 0.717) is 22.8 Å². The van der Waals surface area contributed by atoms with Crippen LogP contribution in [0.2, 0.25) is 0 Å². The number of H-pyrrole nitrogens is 1. The first kappa shape index (κ1) is 13.7. The van der Waals surface area contributed by atoms with Crippen molar-refractivity contribution < 1.29 is 8.42 Å². The van der Waals surface area contributed by atoms with Crippen molar-refractivity contribution in [1.82, 2.24) is 19.5 Å². The van der Waals surface area contributed by atoms with Gasteiger partial charge < -0.3 is 0 Å². The van der Waals surface area contributed by atoms with Crippen LogP contribution in [0.15, 0.2) is 16.5 Å². The molecule has 3 rings (SSSR count). The molecule has 1 aliphatic rings. The number of hydrogen-bond donors (Lipinski definition) is 1. The van der Waals surface area contributed by atoms with Gasteiger partial charge in [0.2, 0.25) is 10.0 Å². The number of nitrogens with zero attached hydrogens (tertiary/aromatic N) is 3. The molecule has 2 aromatic heterocycles. The van der Waals surface area contributed by atoms with Gasteiger partial charge in [-0.3, -0.25) is 5.10 Å². The quantitative estimate of drug-likeness (QED) is 0.913. The lowest BCUT2D eigenvalue weighted by Gasteiger charge is -2.20. The zero-order valence-corrected chi connectivity index (χ0v) is 13.0. The third-order valence-electron chi connectivity index (χ3n) is 3.36. The van der Waals surface area contributed by atoms with E-state index in [4.69, 9.17) is 0 Å². The number of aromatic nitrogens is 3. The fourth-order valence-electron chi connectivity index (χ4n) is 2.28. The van der Waals surface area contributed by atoms with Crippen molar-refractivity contribution in [2.45, 2.75) is 44.2 Å². The SMILES string of the molecule is Cc1n[nH]c(C)c1S(=O)(=O)N(Cc1nccs1)C1CC1. The van der Waals surface area contributed by atoms with Crippen LogP contribution in [0.5, 0.6) is 0 Å². The molecule has 0 spiro atoms. The molecule has 0 aliphatic heterocycles. The minimum absolute atomic E-state index is 0.0950. The standard InChI is InChI=1S/C12H16N4O2S2/c1-8-12(9(2)15-14-8)20(17,18)16(10-3-4-10)7-11-13-5-6-19-11/h5-6,10H,3-4,7H2,1-2H3,(H,14,15). The van der Waals surface area contributed by atoms with E-state index >= 15 is 0 Å². The van der Waals surface area contributed by atoms with Crippen LogP contribution >= 0.6 is 11.3 Å². The molecule has 0 aromatic carbocycles. The van der Waals surface area contributed by atoms with Crippen LogP contribution < -0.4 is 0 Å². The van der Waals surface area contributed by atoms with E-state index in [0.717, 1.165) is 17.8 Å². The van der Waals surface area contributed by atoms with Gasteiger partial charge in [-0.05, 0) is 26.7 Å². The first-order valence-corrected chi connectivity index (χ1v) is 8.74. The Labute approximate surface area is 121 Å². The van der Waals surface area contributed by atoms with Gasteiger partial charge >= 0.3 is 0 Å². The molecule has 1 N–H and O–H groups in total. The van der Waals surface area contributed by atoms with Gasteiger partial charge in [-0.2, -0.15) is 9.40 Å². The molecular weight excluding hydrogens is 296 g/mol. The summed E-state index contributed by atoms with van der Waals surface area (Å²) in [6.45, 7) is 3.79. The summed E-state index contributed by atoms with van der Waals surface area (Å²) in [4.78, 5) is 4.50. The molecule has 0 radical (unpaired) electrons. The van der Waals surface area contributed by atoms with Crippen LogP contribution in [-0.4, -0.2) is 33.9 Å². The predicted octanol–water partition coefficient (Wildman–Crippen LogP) is 1.84. The van der Waals surface area contributed by atoms with E-state index in [2.05, 4.69) is 15.2 Å². The molecule has 20 heavy (non-hydrogen) atoms. The zero-order chi connectivity index (χ0) is 14.3. The summed E-state index contributed by atoms with van der Waals surface area (Å²) in [5, 5.41) is 9.43. The van der Waals surface area contributed by atoms with E-state index in [9.17, 15) is 8.42 Å². The Bertz CT molecular complexity index is 682. The van der Waals surface area contributed by atoms with Gasteiger partial charge in [-0.15, -0.1) is 11.3 Å². The summed E-state index contributed by atoms with van der Waals surface area (Å²) in [7, 11) is -3.53. The van der Waals surface area contributed by atoms with Crippen LogP contribution in [0.4, 0.5) is 0 Å². The molecule has 0 amide bonds. The number of rotatable bonds is 5. The Hall–Kier alpha value is -1.25. The molecule has 6 nitrogen and oxygen atoms in total. The average Bonchev–Trinajstić information content (AvgIpc) is 2.97. The monoisotopic (exact) mass is 312 g/mol.